The van der Waals surface area contributed by atoms with Gasteiger partial charge in [-0.25, -0.2) is 0 Å². The van der Waals surface area contributed by atoms with Gasteiger partial charge in [-0.3, -0.25) is 4.79 Å². The molecule has 0 aliphatic heterocycles. The van der Waals surface area contributed by atoms with Crippen molar-refractivity contribution in [3.8, 4) is 0 Å². The molecule has 0 bridgehead atoms. The average molecular weight is 168 g/mol. The summed E-state index contributed by atoms with van der Waals surface area (Å²) >= 11 is 0. The van der Waals surface area contributed by atoms with E-state index in [-0.39, 0.29) is 5.91 Å². The van der Waals surface area contributed by atoms with Gasteiger partial charge >= 0.3 is 0 Å². The van der Waals surface area contributed by atoms with E-state index in [1.807, 2.05) is 0 Å². The predicted molar refractivity (Wildman–Crippen MR) is 48.9 cm³/mol. The summed E-state index contributed by atoms with van der Waals surface area (Å²) in [5.41, 5.74) is 0. The maximum Gasteiger partial charge on any atom is 0.236 e. The van der Waals surface area contributed by atoms with E-state index in [0.717, 1.165) is 12.8 Å². The Bertz CT molecular complexity index is 179. The Labute approximate surface area is 73.4 Å². The number of carbonyl (C=O) groups is 1. The first-order chi connectivity index (χ1) is 5.70. The van der Waals surface area contributed by atoms with Crippen LogP contribution in [-0.2, 0) is 4.79 Å². The lowest BCUT2D eigenvalue weighted by Gasteiger charge is -2.14. The van der Waals surface area contributed by atoms with Gasteiger partial charge in [-0.2, -0.15) is 0 Å². The van der Waals surface area contributed by atoms with Crippen LogP contribution < -0.4 is 5.32 Å². The van der Waals surface area contributed by atoms with Gasteiger partial charge in [0.1, 0.15) is 0 Å². The third-order valence-corrected chi connectivity index (χ3v) is 2.05. The molecule has 0 spiro atoms. The molecule has 0 heterocycles. The summed E-state index contributed by atoms with van der Waals surface area (Å²) in [6.07, 6.45) is 6.41. The summed E-state index contributed by atoms with van der Waals surface area (Å²) < 4.78 is 0. The number of hydrogen-bond acceptors (Lipinski definition) is 2. The van der Waals surface area contributed by atoms with Crippen LogP contribution in [0.4, 0.5) is 0 Å². The van der Waals surface area contributed by atoms with Crippen LogP contribution in [0.2, 0.25) is 0 Å². The van der Waals surface area contributed by atoms with E-state index in [9.17, 15) is 4.79 Å². The fraction of sp³-hybridized carbons (Fsp3) is 0.667. The van der Waals surface area contributed by atoms with Gasteiger partial charge in [-0.1, -0.05) is 12.2 Å². The number of nitrogens with one attached hydrogen (secondary N) is 1. The number of hydrogen-bond donors (Lipinski definition) is 1. The Balaban J connectivity index is 2.13. The molecule has 0 unspecified atom stereocenters. The monoisotopic (exact) mass is 168 g/mol. The van der Waals surface area contributed by atoms with Crippen molar-refractivity contribution in [3.63, 3.8) is 0 Å². The number of amides is 1. The SMILES string of the molecule is CN(C)C(=O)CNC1CC=CC1. The fourth-order valence-electron chi connectivity index (χ4n) is 1.17. The van der Waals surface area contributed by atoms with Gasteiger partial charge in [0.2, 0.25) is 5.91 Å². The highest BCUT2D eigenvalue weighted by atomic mass is 16.2. The number of nitrogens with zero attached hydrogens (tertiary/aromatic N) is 1. The van der Waals surface area contributed by atoms with Gasteiger partial charge in [-0.05, 0) is 12.8 Å². The summed E-state index contributed by atoms with van der Waals surface area (Å²) in [6.45, 7) is 0.458. The molecular formula is C9H16N2O. The predicted octanol–water partition coefficient (Wildman–Crippen LogP) is 0.383. The van der Waals surface area contributed by atoms with E-state index in [0.29, 0.717) is 12.6 Å². The topological polar surface area (TPSA) is 32.3 Å². The fourth-order valence-corrected chi connectivity index (χ4v) is 1.17. The molecule has 0 aromatic rings. The van der Waals surface area contributed by atoms with Crippen LogP contribution in [0.15, 0.2) is 12.2 Å². The van der Waals surface area contributed by atoms with Gasteiger partial charge in [0.05, 0.1) is 6.54 Å². The normalized spacial score (nSPS) is 16.8. The molecule has 1 aliphatic carbocycles. The zero-order valence-electron chi connectivity index (χ0n) is 7.71. The van der Waals surface area contributed by atoms with Crippen LogP contribution in [0.3, 0.4) is 0 Å². The van der Waals surface area contributed by atoms with Crippen molar-refractivity contribution in [1.29, 1.82) is 0 Å². The molecule has 0 aromatic carbocycles. The van der Waals surface area contributed by atoms with E-state index in [1.54, 1.807) is 19.0 Å². The van der Waals surface area contributed by atoms with Crippen molar-refractivity contribution in [3.05, 3.63) is 12.2 Å². The smallest absolute Gasteiger partial charge is 0.236 e. The van der Waals surface area contributed by atoms with Crippen LogP contribution in [0, 0.1) is 0 Å². The summed E-state index contributed by atoms with van der Waals surface area (Å²) in [4.78, 5) is 12.7. The van der Waals surface area contributed by atoms with Gasteiger partial charge in [0, 0.05) is 20.1 Å². The molecule has 0 atom stereocenters. The lowest BCUT2D eigenvalue weighted by Crippen LogP contribution is -2.37. The van der Waals surface area contributed by atoms with Crippen molar-refractivity contribution in [2.24, 2.45) is 0 Å². The number of rotatable bonds is 3. The molecule has 3 nitrogen and oxygen atoms in total. The zero-order valence-corrected chi connectivity index (χ0v) is 7.71. The van der Waals surface area contributed by atoms with Crippen molar-refractivity contribution >= 4 is 5.91 Å². The largest absolute Gasteiger partial charge is 0.348 e. The van der Waals surface area contributed by atoms with Crippen molar-refractivity contribution in [2.45, 2.75) is 18.9 Å². The van der Waals surface area contributed by atoms with Crippen molar-refractivity contribution < 1.29 is 4.79 Å². The number of likely N-dealkylation sites (N-methyl/N-ethyl adjacent to an activating group) is 1. The minimum absolute atomic E-state index is 0.141. The van der Waals surface area contributed by atoms with Crippen molar-refractivity contribution in [1.82, 2.24) is 10.2 Å². The first kappa shape index (κ1) is 9.26. The Kier molecular flexibility index (Phi) is 3.29. The Hall–Kier alpha value is -0.830. The second-order valence-electron chi connectivity index (χ2n) is 3.31. The second kappa shape index (κ2) is 4.26. The third-order valence-electron chi connectivity index (χ3n) is 2.05. The highest BCUT2D eigenvalue weighted by molar-refractivity contribution is 5.77. The third kappa shape index (κ3) is 2.66. The molecule has 0 saturated carbocycles. The van der Waals surface area contributed by atoms with Gasteiger partial charge in [-0.15, -0.1) is 0 Å². The molecule has 0 fully saturated rings. The van der Waals surface area contributed by atoms with E-state index >= 15 is 0 Å². The summed E-state index contributed by atoms with van der Waals surface area (Å²) in [5, 5.41) is 3.21. The van der Waals surface area contributed by atoms with Gasteiger partial charge in [0.25, 0.3) is 0 Å². The van der Waals surface area contributed by atoms with E-state index in [4.69, 9.17) is 0 Å². The van der Waals surface area contributed by atoms with Crippen LogP contribution >= 0.6 is 0 Å². The Morgan fingerprint density at radius 2 is 2.08 bits per heavy atom. The second-order valence-corrected chi connectivity index (χ2v) is 3.31. The summed E-state index contributed by atoms with van der Waals surface area (Å²) in [6, 6.07) is 0.480. The first-order valence-electron chi connectivity index (χ1n) is 4.28. The van der Waals surface area contributed by atoms with Crippen LogP contribution in [0.5, 0.6) is 0 Å². The minimum atomic E-state index is 0.141. The standard InChI is InChI=1S/C9H16N2O/c1-11(2)9(12)7-10-8-5-3-4-6-8/h3-4,8,10H,5-7H2,1-2H3. The van der Waals surface area contributed by atoms with Crippen LogP contribution in [0.25, 0.3) is 0 Å². The molecule has 1 aliphatic rings. The molecule has 68 valence electrons. The maximum absolute atomic E-state index is 11.1. The lowest BCUT2D eigenvalue weighted by molar-refractivity contribution is -0.127. The first-order valence-corrected chi connectivity index (χ1v) is 4.28. The molecular weight excluding hydrogens is 152 g/mol. The zero-order chi connectivity index (χ0) is 8.97. The number of carbonyl (C=O) groups excluding carboxylic acids is 1. The molecule has 0 radical (unpaired) electrons. The quantitative estimate of drug-likeness (QED) is 0.618. The molecule has 0 aromatic heterocycles. The van der Waals surface area contributed by atoms with Gasteiger partial charge in [0.15, 0.2) is 0 Å². The van der Waals surface area contributed by atoms with Crippen LogP contribution in [-0.4, -0.2) is 37.5 Å². The highest BCUT2D eigenvalue weighted by Crippen LogP contribution is 2.08. The molecule has 1 amide bonds. The molecule has 12 heavy (non-hydrogen) atoms. The van der Waals surface area contributed by atoms with Gasteiger partial charge < -0.3 is 10.2 Å². The minimum Gasteiger partial charge on any atom is -0.348 e. The maximum atomic E-state index is 11.1. The molecule has 0 saturated heterocycles. The van der Waals surface area contributed by atoms with E-state index in [2.05, 4.69) is 17.5 Å². The van der Waals surface area contributed by atoms with Crippen LogP contribution in [0.1, 0.15) is 12.8 Å². The molecule has 1 rings (SSSR count). The molecule has 3 heteroatoms. The molecule has 1 N–H and O–H groups in total. The van der Waals surface area contributed by atoms with E-state index < -0.39 is 0 Å². The summed E-state index contributed by atoms with van der Waals surface area (Å²) in [7, 11) is 3.55. The van der Waals surface area contributed by atoms with Crippen molar-refractivity contribution in [2.75, 3.05) is 20.6 Å². The Morgan fingerprint density at radius 1 is 1.50 bits per heavy atom. The average Bonchev–Trinajstić information content (AvgIpc) is 2.51. The van der Waals surface area contributed by atoms with E-state index in [1.165, 1.54) is 0 Å². The lowest BCUT2D eigenvalue weighted by atomic mass is 10.2. The highest BCUT2D eigenvalue weighted by Gasteiger charge is 2.11. The Morgan fingerprint density at radius 3 is 2.58 bits per heavy atom. The summed E-state index contributed by atoms with van der Waals surface area (Å²) in [5.74, 6) is 0.141.